The zero-order chi connectivity index (χ0) is 22.2. The van der Waals surface area contributed by atoms with E-state index in [-0.39, 0.29) is 23.6 Å². The van der Waals surface area contributed by atoms with Gasteiger partial charge in [0.05, 0.1) is 18.0 Å². The van der Waals surface area contributed by atoms with Crippen molar-refractivity contribution in [3.05, 3.63) is 53.6 Å². The van der Waals surface area contributed by atoms with Crippen molar-refractivity contribution in [2.24, 2.45) is 5.92 Å². The summed E-state index contributed by atoms with van der Waals surface area (Å²) in [6.07, 6.45) is 5.50. The number of amides is 1. The summed E-state index contributed by atoms with van der Waals surface area (Å²) in [6.45, 7) is 4.61. The molecule has 0 aromatic heterocycles. The lowest BCUT2D eigenvalue weighted by Crippen LogP contribution is -2.41. The maximum Gasteiger partial charge on any atom is 0.411 e. The molecular weight excluding hydrogens is 424 g/mol. The first-order valence-corrected chi connectivity index (χ1v) is 12.3. The number of hydrogen-bond donors (Lipinski definition) is 1. The number of carbonyl (C=O) groups excluding carboxylic acids is 1. The summed E-state index contributed by atoms with van der Waals surface area (Å²) >= 11 is 7.04. The van der Waals surface area contributed by atoms with E-state index in [9.17, 15) is 4.79 Å². The van der Waals surface area contributed by atoms with Crippen molar-refractivity contribution in [1.82, 2.24) is 0 Å². The summed E-state index contributed by atoms with van der Waals surface area (Å²) in [6, 6.07) is 14.8. The van der Waals surface area contributed by atoms with Gasteiger partial charge in [-0.25, -0.2) is 4.79 Å². The van der Waals surface area contributed by atoms with E-state index in [2.05, 4.69) is 34.5 Å². The van der Waals surface area contributed by atoms with Gasteiger partial charge in [0, 0.05) is 23.5 Å². The SMILES string of the molecule is CCOc1ccc2c(c1)N(C1CCC1)C(c1ccc(NC(=O)OC(C)C3CC3)cc1)C2Cl. The summed E-state index contributed by atoms with van der Waals surface area (Å²) in [5.41, 5.74) is 4.23. The average Bonchev–Trinajstić information content (AvgIpc) is 3.55. The van der Waals surface area contributed by atoms with Crippen LogP contribution in [0.2, 0.25) is 0 Å². The standard InChI is InChI=1S/C26H31ClN2O3/c1-3-31-21-13-14-22-23(15-21)29(20-5-4-6-20)25(24(22)27)18-9-11-19(12-10-18)28-26(30)32-16(2)17-7-8-17/h9-17,20,24-25H,3-8H2,1-2H3,(H,28,30). The molecule has 2 saturated carbocycles. The van der Waals surface area contributed by atoms with Crippen molar-refractivity contribution in [1.29, 1.82) is 0 Å². The van der Waals surface area contributed by atoms with Crippen LogP contribution < -0.4 is 15.0 Å². The summed E-state index contributed by atoms with van der Waals surface area (Å²) in [4.78, 5) is 14.7. The van der Waals surface area contributed by atoms with Crippen LogP contribution in [0.3, 0.4) is 0 Å². The van der Waals surface area contributed by atoms with Gasteiger partial charge in [-0.1, -0.05) is 18.2 Å². The highest BCUT2D eigenvalue weighted by Gasteiger charge is 2.43. The number of ether oxygens (including phenoxy) is 2. The Labute approximate surface area is 195 Å². The Kier molecular flexibility index (Phi) is 5.93. The van der Waals surface area contributed by atoms with E-state index in [4.69, 9.17) is 21.1 Å². The highest BCUT2D eigenvalue weighted by Crippen LogP contribution is 2.54. The average molecular weight is 455 g/mol. The molecule has 2 aromatic carbocycles. The number of nitrogens with zero attached hydrogens (tertiary/aromatic N) is 1. The molecule has 2 fully saturated rings. The van der Waals surface area contributed by atoms with Gasteiger partial charge in [-0.2, -0.15) is 0 Å². The van der Waals surface area contributed by atoms with E-state index >= 15 is 0 Å². The van der Waals surface area contributed by atoms with Crippen molar-refractivity contribution in [3.8, 4) is 5.75 Å². The zero-order valence-corrected chi connectivity index (χ0v) is 19.5. The van der Waals surface area contributed by atoms with Gasteiger partial charge in [-0.3, -0.25) is 5.32 Å². The highest BCUT2D eigenvalue weighted by molar-refractivity contribution is 6.22. The zero-order valence-electron chi connectivity index (χ0n) is 18.7. The van der Waals surface area contributed by atoms with Crippen molar-refractivity contribution >= 4 is 29.1 Å². The number of rotatable bonds is 7. The summed E-state index contributed by atoms with van der Waals surface area (Å²) < 4.78 is 11.2. The van der Waals surface area contributed by atoms with Gasteiger partial charge in [-0.15, -0.1) is 11.6 Å². The number of fused-ring (bicyclic) bond motifs is 1. The van der Waals surface area contributed by atoms with Crippen molar-refractivity contribution in [2.45, 2.75) is 69.5 Å². The fourth-order valence-corrected chi connectivity index (χ4v) is 5.31. The molecule has 2 aromatic rings. The Balaban J connectivity index is 1.35. The molecule has 1 heterocycles. The van der Waals surface area contributed by atoms with Crippen molar-refractivity contribution in [3.63, 3.8) is 0 Å². The topological polar surface area (TPSA) is 50.8 Å². The van der Waals surface area contributed by atoms with Crippen LogP contribution in [0.25, 0.3) is 0 Å². The molecule has 0 radical (unpaired) electrons. The smallest absolute Gasteiger partial charge is 0.411 e. The number of hydrogen-bond acceptors (Lipinski definition) is 4. The third kappa shape index (κ3) is 4.15. The Morgan fingerprint density at radius 2 is 1.91 bits per heavy atom. The highest BCUT2D eigenvalue weighted by atomic mass is 35.5. The summed E-state index contributed by atoms with van der Waals surface area (Å²) in [5, 5.41) is 2.72. The molecule has 0 spiro atoms. The molecule has 5 nitrogen and oxygen atoms in total. The molecule has 3 unspecified atom stereocenters. The van der Waals surface area contributed by atoms with E-state index in [1.54, 1.807) is 0 Å². The van der Waals surface area contributed by atoms with Gasteiger partial charge in [0.1, 0.15) is 11.9 Å². The molecule has 1 N–H and O–H groups in total. The summed E-state index contributed by atoms with van der Waals surface area (Å²) in [7, 11) is 0. The molecule has 0 bridgehead atoms. The lowest BCUT2D eigenvalue weighted by molar-refractivity contribution is 0.108. The normalized spacial score (nSPS) is 23.3. The van der Waals surface area contributed by atoms with Crippen LogP contribution >= 0.6 is 11.6 Å². The third-order valence-electron chi connectivity index (χ3n) is 7.01. The second kappa shape index (κ2) is 8.86. The molecule has 5 rings (SSSR count). The first-order valence-electron chi connectivity index (χ1n) is 11.8. The number of carbonyl (C=O) groups is 1. The molecule has 2 aliphatic carbocycles. The van der Waals surface area contributed by atoms with E-state index in [1.165, 1.54) is 24.9 Å². The van der Waals surface area contributed by atoms with E-state index in [0.717, 1.165) is 35.4 Å². The largest absolute Gasteiger partial charge is 0.494 e. The Morgan fingerprint density at radius 1 is 1.16 bits per heavy atom. The minimum Gasteiger partial charge on any atom is -0.494 e. The van der Waals surface area contributed by atoms with Gasteiger partial charge < -0.3 is 14.4 Å². The molecule has 0 saturated heterocycles. The van der Waals surface area contributed by atoms with Crippen molar-refractivity contribution < 1.29 is 14.3 Å². The van der Waals surface area contributed by atoms with Crippen LogP contribution in [0.4, 0.5) is 16.2 Å². The second-order valence-electron chi connectivity index (χ2n) is 9.19. The molecular formula is C26H31ClN2O3. The Hall–Kier alpha value is -2.40. The van der Waals surface area contributed by atoms with Gasteiger partial charge >= 0.3 is 6.09 Å². The second-order valence-corrected chi connectivity index (χ2v) is 9.66. The molecule has 1 aliphatic heterocycles. The summed E-state index contributed by atoms with van der Waals surface area (Å²) in [5.74, 6) is 1.41. The first-order chi connectivity index (χ1) is 15.5. The van der Waals surface area contributed by atoms with E-state index < -0.39 is 0 Å². The lowest BCUT2D eigenvalue weighted by Gasteiger charge is -2.41. The molecule has 32 heavy (non-hydrogen) atoms. The molecule has 3 aliphatic rings. The predicted octanol–water partition coefficient (Wildman–Crippen LogP) is 6.83. The molecule has 170 valence electrons. The minimum atomic E-state index is -0.389. The maximum absolute atomic E-state index is 12.2. The van der Waals surface area contributed by atoms with E-state index in [0.29, 0.717) is 18.6 Å². The van der Waals surface area contributed by atoms with Crippen LogP contribution in [0, 0.1) is 5.92 Å². The monoisotopic (exact) mass is 454 g/mol. The quantitative estimate of drug-likeness (QED) is 0.466. The Bertz CT molecular complexity index is 972. The predicted molar refractivity (Wildman–Crippen MR) is 128 cm³/mol. The van der Waals surface area contributed by atoms with E-state index in [1.807, 2.05) is 32.0 Å². The molecule has 3 atom stereocenters. The van der Waals surface area contributed by atoms with Gasteiger partial charge in [0.15, 0.2) is 0 Å². The number of nitrogens with one attached hydrogen (secondary N) is 1. The number of halogens is 1. The Morgan fingerprint density at radius 3 is 2.53 bits per heavy atom. The first kappa shape index (κ1) is 21.4. The van der Waals surface area contributed by atoms with Gasteiger partial charge in [-0.05, 0) is 81.2 Å². The van der Waals surface area contributed by atoms with Gasteiger partial charge in [0.25, 0.3) is 0 Å². The van der Waals surface area contributed by atoms with Crippen molar-refractivity contribution in [2.75, 3.05) is 16.8 Å². The van der Waals surface area contributed by atoms with Crippen LogP contribution in [0.5, 0.6) is 5.75 Å². The third-order valence-corrected chi connectivity index (χ3v) is 7.48. The van der Waals surface area contributed by atoms with Gasteiger partial charge in [0.2, 0.25) is 0 Å². The number of benzene rings is 2. The van der Waals surface area contributed by atoms with Crippen LogP contribution in [-0.2, 0) is 4.74 Å². The van der Waals surface area contributed by atoms with Crippen LogP contribution in [0.1, 0.15) is 68.5 Å². The van der Waals surface area contributed by atoms with Crippen LogP contribution in [0.15, 0.2) is 42.5 Å². The fraction of sp³-hybridized carbons (Fsp3) is 0.500. The maximum atomic E-state index is 12.2. The number of alkyl halides is 1. The molecule has 6 heteroatoms. The lowest BCUT2D eigenvalue weighted by atomic mass is 9.89. The minimum absolute atomic E-state index is 0.0270. The number of anilines is 2. The molecule has 1 amide bonds. The van der Waals surface area contributed by atoms with Crippen LogP contribution in [-0.4, -0.2) is 24.8 Å². The fourth-order valence-electron chi connectivity index (χ4n) is 4.86.